The molecular formula is C15H12BrN3O2S. The zero-order valence-corrected chi connectivity index (χ0v) is 13.7. The van der Waals surface area contributed by atoms with Gasteiger partial charge in [0.2, 0.25) is 0 Å². The van der Waals surface area contributed by atoms with Crippen LogP contribution in [-0.2, 0) is 0 Å². The lowest BCUT2D eigenvalue weighted by Crippen LogP contribution is -2.23. The van der Waals surface area contributed by atoms with E-state index in [-0.39, 0.29) is 5.11 Å². The van der Waals surface area contributed by atoms with E-state index in [4.69, 9.17) is 10.5 Å². The topological polar surface area (TPSA) is 76.7 Å². The molecule has 0 atom stereocenters. The highest BCUT2D eigenvalue weighted by molar-refractivity contribution is 9.10. The number of nitrogens with one attached hydrogen (secondary N) is 1. The van der Waals surface area contributed by atoms with Crippen LogP contribution in [-0.4, -0.2) is 17.3 Å². The number of nitrogens with zero attached hydrogens (tertiary/aromatic N) is 1. The van der Waals surface area contributed by atoms with Crippen molar-refractivity contribution in [3.8, 4) is 5.75 Å². The Morgan fingerprint density at radius 2 is 2.00 bits per heavy atom. The fourth-order valence-electron chi connectivity index (χ4n) is 1.57. The highest BCUT2D eigenvalue weighted by Gasteiger charge is 2.08. The summed E-state index contributed by atoms with van der Waals surface area (Å²) in [6.45, 7) is 0. The molecule has 0 unspecified atom stereocenters. The summed E-state index contributed by atoms with van der Waals surface area (Å²) < 4.78 is 6.11. The summed E-state index contributed by atoms with van der Waals surface area (Å²) in [5, 5.41) is 3.93. The molecular weight excluding hydrogens is 366 g/mol. The molecule has 2 aromatic rings. The van der Waals surface area contributed by atoms with E-state index < -0.39 is 5.97 Å². The third-order valence-electron chi connectivity index (χ3n) is 2.54. The van der Waals surface area contributed by atoms with Gasteiger partial charge in [0.15, 0.2) is 5.11 Å². The molecule has 0 amide bonds. The SMILES string of the molecule is NC(=S)N/N=C\c1ccc(OC(=O)c2cccc(Br)c2)cc1. The molecule has 5 nitrogen and oxygen atoms in total. The Morgan fingerprint density at radius 3 is 2.64 bits per heavy atom. The van der Waals surface area contributed by atoms with E-state index in [2.05, 4.69) is 38.7 Å². The zero-order valence-electron chi connectivity index (χ0n) is 11.3. The van der Waals surface area contributed by atoms with Crippen LogP contribution >= 0.6 is 28.1 Å². The summed E-state index contributed by atoms with van der Waals surface area (Å²) in [6, 6.07) is 13.9. The van der Waals surface area contributed by atoms with Crippen LogP contribution in [0.25, 0.3) is 0 Å². The van der Waals surface area contributed by atoms with Crippen LogP contribution < -0.4 is 15.9 Å². The molecule has 0 aliphatic carbocycles. The lowest BCUT2D eigenvalue weighted by atomic mass is 10.2. The second-order valence-electron chi connectivity index (χ2n) is 4.20. The number of rotatable bonds is 4. The van der Waals surface area contributed by atoms with Crippen LogP contribution in [0.2, 0.25) is 0 Å². The Bertz CT molecular complexity index is 717. The number of thiocarbonyl (C=S) groups is 1. The minimum absolute atomic E-state index is 0.0934. The molecule has 0 aliphatic heterocycles. The maximum atomic E-state index is 12.0. The third-order valence-corrected chi connectivity index (χ3v) is 3.12. The van der Waals surface area contributed by atoms with Crippen LogP contribution in [0.5, 0.6) is 5.75 Å². The van der Waals surface area contributed by atoms with Gasteiger partial charge < -0.3 is 10.5 Å². The van der Waals surface area contributed by atoms with Gasteiger partial charge in [0, 0.05) is 4.47 Å². The van der Waals surface area contributed by atoms with Crippen molar-refractivity contribution in [2.75, 3.05) is 0 Å². The van der Waals surface area contributed by atoms with E-state index >= 15 is 0 Å². The highest BCUT2D eigenvalue weighted by Crippen LogP contribution is 2.16. The number of hydrazone groups is 1. The van der Waals surface area contributed by atoms with E-state index in [1.54, 1.807) is 48.7 Å². The summed E-state index contributed by atoms with van der Waals surface area (Å²) in [5.74, 6) is 0.0299. The molecule has 0 heterocycles. The summed E-state index contributed by atoms with van der Waals surface area (Å²) in [6.07, 6.45) is 1.55. The van der Waals surface area contributed by atoms with E-state index in [0.29, 0.717) is 11.3 Å². The summed E-state index contributed by atoms with van der Waals surface area (Å²) in [7, 11) is 0. The number of ether oxygens (including phenoxy) is 1. The maximum Gasteiger partial charge on any atom is 0.343 e. The first kappa shape index (κ1) is 16.1. The maximum absolute atomic E-state index is 12.0. The predicted molar refractivity (Wildman–Crippen MR) is 93.1 cm³/mol. The Labute approximate surface area is 141 Å². The van der Waals surface area contributed by atoms with E-state index in [1.807, 2.05) is 6.07 Å². The van der Waals surface area contributed by atoms with Gasteiger partial charge in [0.05, 0.1) is 11.8 Å². The fraction of sp³-hybridized carbons (Fsp3) is 0. The standard InChI is InChI=1S/C15H12BrN3O2S/c16-12-3-1-2-11(8-12)14(20)21-13-6-4-10(5-7-13)9-18-19-15(17)22/h1-9H,(H3,17,19,22)/b18-9-. The highest BCUT2D eigenvalue weighted by atomic mass is 79.9. The molecule has 3 N–H and O–H groups in total. The smallest absolute Gasteiger partial charge is 0.343 e. The Kier molecular flexibility index (Phi) is 5.62. The third kappa shape index (κ3) is 4.94. The van der Waals surface area contributed by atoms with Gasteiger partial charge in [0.25, 0.3) is 0 Å². The van der Waals surface area contributed by atoms with Crippen molar-refractivity contribution in [2.45, 2.75) is 0 Å². The fourth-order valence-corrected chi connectivity index (χ4v) is 2.03. The van der Waals surface area contributed by atoms with Gasteiger partial charge in [-0.05, 0) is 60.2 Å². The molecule has 0 fully saturated rings. The minimum Gasteiger partial charge on any atom is -0.423 e. The van der Waals surface area contributed by atoms with E-state index in [1.165, 1.54) is 0 Å². The lowest BCUT2D eigenvalue weighted by Gasteiger charge is -2.05. The number of hydrogen-bond donors (Lipinski definition) is 2. The van der Waals surface area contributed by atoms with Crippen LogP contribution in [0.15, 0.2) is 58.1 Å². The molecule has 0 radical (unpaired) electrons. The van der Waals surface area contributed by atoms with Crippen molar-refractivity contribution in [1.29, 1.82) is 0 Å². The molecule has 2 rings (SSSR count). The molecule has 0 saturated carbocycles. The number of carbonyl (C=O) groups is 1. The molecule has 0 bridgehead atoms. The number of halogens is 1. The van der Waals surface area contributed by atoms with Crippen molar-refractivity contribution in [3.63, 3.8) is 0 Å². The average molecular weight is 378 g/mol. The number of carbonyl (C=O) groups excluding carboxylic acids is 1. The van der Waals surface area contributed by atoms with Gasteiger partial charge in [-0.15, -0.1) is 0 Å². The van der Waals surface area contributed by atoms with Gasteiger partial charge >= 0.3 is 5.97 Å². The lowest BCUT2D eigenvalue weighted by molar-refractivity contribution is 0.0734. The van der Waals surface area contributed by atoms with Crippen LogP contribution in [0.4, 0.5) is 0 Å². The quantitative estimate of drug-likeness (QED) is 0.281. The molecule has 112 valence electrons. The van der Waals surface area contributed by atoms with Gasteiger partial charge in [-0.2, -0.15) is 5.10 Å². The molecule has 0 spiro atoms. The summed E-state index contributed by atoms with van der Waals surface area (Å²) in [4.78, 5) is 12.0. The molecule has 2 aromatic carbocycles. The average Bonchev–Trinajstić information content (AvgIpc) is 2.48. The molecule has 22 heavy (non-hydrogen) atoms. The first-order valence-electron chi connectivity index (χ1n) is 6.21. The number of esters is 1. The van der Waals surface area contributed by atoms with Gasteiger partial charge in [-0.25, -0.2) is 4.79 Å². The normalized spacial score (nSPS) is 10.4. The molecule has 0 saturated heterocycles. The molecule has 7 heteroatoms. The van der Waals surface area contributed by atoms with Gasteiger partial charge in [0.1, 0.15) is 5.75 Å². The second-order valence-corrected chi connectivity index (χ2v) is 5.56. The first-order valence-corrected chi connectivity index (χ1v) is 7.41. The van der Waals surface area contributed by atoms with Gasteiger partial charge in [-0.1, -0.05) is 22.0 Å². The molecule has 0 aliphatic rings. The van der Waals surface area contributed by atoms with Crippen LogP contribution in [0, 0.1) is 0 Å². The van der Waals surface area contributed by atoms with E-state index in [9.17, 15) is 4.79 Å². The number of hydrogen-bond acceptors (Lipinski definition) is 4. The van der Waals surface area contributed by atoms with Crippen molar-refractivity contribution < 1.29 is 9.53 Å². The van der Waals surface area contributed by atoms with Crippen molar-refractivity contribution in [3.05, 3.63) is 64.1 Å². The predicted octanol–water partition coefficient (Wildman–Crippen LogP) is 2.84. The molecule has 0 aromatic heterocycles. The summed E-state index contributed by atoms with van der Waals surface area (Å²) >= 11 is 7.94. The zero-order chi connectivity index (χ0) is 15.9. The first-order chi connectivity index (χ1) is 10.5. The summed E-state index contributed by atoms with van der Waals surface area (Å²) in [5.41, 5.74) is 8.99. The van der Waals surface area contributed by atoms with Crippen LogP contribution in [0.1, 0.15) is 15.9 Å². The van der Waals surface area contributed by atoms with E-state index in [0.717, 1.165) is 10.0 Å². The second kappa shape index (κ2) is 7.67. The number of benzene rings is 2. The largest absolute Gasteiger partial charge is 0.423 e. The minimum atomic E-state index is -0.419. The Hall–Kier alpha value is -2.25. The Balaban J connectivity index is 2.00. The van der Waals surface area contributed by atoms with Crippen LogP contribution in [0.3, 0.4) is 0 Å². The number of nitrogens with two attached hydrogens (primary N) is 1. The Morgan fingerprint density at radius 1 is 1.27 bits per heavy atom. The van der Waals surface area contributed by atoms with Crippen molar-refractivity contribution in [1.82, 2.24) is 5.43 Å². The van der Waals surface area contributed by atoms with Crippen molar-refractivity contribution >= 4 is 45.4 Å². The monoisotopic (exact) mass is 377 g/mol. The van der Waals surface area contributed by atoms with Crippen molar-refractivity contribution in [2.24, 2.45) is 10.8 Å². The van der Waals surface area contributed by atoms with Gasteiger partial charge in [-0.3, -0.25) is 5.43 Å².